The van der Waals surface area contributed by atoms with Crippen molar-refractivity contribution < 1.29 is 19.4 Å². The maximum Gasteiger partial charge on any atom is 0.333 e. The molecule has 19 heavy (non-hydrogen) atoms. The molecule has 1 N–H and O–H groups in total. The predicted octanol–water partition coefficient (Wildman–Crippen LogP) is 1.95. The van der Waals surface area contributed by atoms with Crippen molar-refractivity contribution in [1.29, 1.82) is 0 Å². The Kier molecular flexibility index (Phi) is 5.70. The fourth-order valence-corrected chi connectivity index (χ4v) is 1.88. The molecule has 0 radical (unpaired) electrons. The third-order valence-corrected chi connectivity index (χ3v) is 3.16. The molecule has 1 saturated heterocycles. The Morgan fingerprint density at radius 3 is 2.79 bits per heavy atom. The van der Waals surface area contributed by atoms with E-state index in [1.165, 1.54) is 0 Å². The van der Waals surface area contributed by atoms with Crippen molar-refractivity contribution in [2.45, 2.75) is 32.8 Å². The Hall–Kier alpha value is -1.68. The van der Waals surface area contributed by atoms with E-state index in [2.05, 4.69) is 6.58 Å². The summed E-state index contributed by atoms with van der Waals surface area (Å²) in [7, 11) is 0. The standard InChI is InChI=1S/C15H20O4/c1-10(5-4-6-11(2)8-16)7-14(17)13-9-19-15(18)12(13)3/h6-8,13-14,17H,3-5,9H2,1-2H3. The van der Waals surface area contributed by atoms with Crippen molar-refractivity contribution >= 4 is 12.3 Å². The molecular weight excluding hydrogens is 244 g/mol. The first kappa shape index (κ1) is 15.4. The lowest BCUT2D eigenvalue weighted by atomic mass is 9.95. The molecule has 4 nitrogen and oxygen atoms in total. The lowest BCUT2D eigenvalue weighted by Crippen LogP contribution is -2.20. The number of carbonyl (C=O) groups excluding carboxylic acids is 2. The Balaban J connectivity index is 2.52. The third kappa shape index (κ3) is 4.48. The smallest absolute Gasteiger partial charge is 0.333 e. The van der Waals surface area contributed by atoms with E-state index in [0.717, 1.165) is 24.7 Å². The van der Waals surface area contributed by atoms with Gasteiger partial charge in [-0.05, 0) is 32.3 Å². The summed E-state index contributed by atoms with van der Waals surface area (Å²) >= 11 is 0. The van der Waals surface area contributed by atoms with Crippen molar-refractivity contribution in [1.82, 2.24) is 0 Å². The molecule has 1 heterocycles. The average Bonchev–Trinajstić information content (AvgIpc) is 2.69. The van der Waals surface area contributed by atoms with Crippen LogP contribution in [0, 0.1) is 5.92 Å². The van der Waals surface area contributed by atoms with E-state index in [-0.39, 0.29) is 12.5 Å². The summed E-state index contributed by atoms with van der Waals surface area (Å²) in [6, 6.07) is 0. The minimum Gasteiger partial charge on any atom is -0.462 e. The molecule has 104 valence electrons. The van der Waals surface area contributed by atoms with Gasteiger partial charge in [-0.3, -0.25) is 4.79 Å². The number of aldehydes is 1. The second kappa shape index (κ2) is 7.04. The summed E-state index contributed by atoms with van der Waals surface area (Å²) in [5.74, 6) is -0.783. The van der Waals surface area contributed by atoms with Crippen LogP contribution in [-0.4, -0.2) is 30.1 Å². The highest BCUT2D eigenvalue weighted by Crippen LogP contribution is 2.24. The minimum absolute atomic E-state index is 0.187. The lowest BCUT2D eigenvalue weighted by molar-refractivity contribution is -0.135. The van der Waals surface area contributed by atoms with Crippen molar-refractivity contribution in [3.8, 4) is 0 Å². The van der Waals surface area contributed by atoms with Crippen molar-refractivity contribution in [3.63, 3.8) is 0 Å². The van der Waals surface area contributed by atoms with Crippen LogP contribution in [0.1, 0.15) is 26.7 Å². The van der Waals surface area contributed by atoms with Gasteiger partial charge in [-0.15, -0.1) is 0 Å². The predicted molar refractivity (Wildman–Crippen MR) is 72.4 cm³/mol. The van der Waals surface area contributed by atoms with E-state index < -0.39 is 12.1 Å². The van der Waals surface area contributed by atoms with Gasteiger partial charge < -0.3 is 9.84 Å². The summed E-state index contributed by atoms with van der Waals surface area (Å²) in [6.45, 7) is 7.48. The highest BCUT2D eigenvalue weighted by atomic mass is 16.5. The molecule has 0 aromatic rings. The number of hydrogen-bond donors (Lipinski definition) is 1. The second-order valence-corrected chi connectivity index (χ2v) is 4.84. The Labute approximate surface area is 113 Å². The van der Waals surface area contributed by atoms with Gasteiger partial charge in [-0.25, -0.2) is 4.79 Å². The van der Waals surface area contributed by atoms with Gasteiger partial charge in [0.15, 0.2) is 0 Å². The van der Waals surface area contributed by atoms with Crippen LogP contribution in [0.4, 0.5) is 0 Å². The number of hydrogen-bond acceptors (Lipinski definition) is 4. The molecule has 0 aromatic heterocycles. The van der Waals surface area contributed by atoms with E-state index in [0.29, 0.717) is 11.1 Å². The van der Waals surface area contributed by atoms with E-state index in [1.54, 1.807) is 13.0 Å². The second-order valence-electron chi connectivity index (χ2n) is 4.84. The van der Waals surface area contributed by atoms with Gasteiger partial charge in [0.2, 0.25) is 0 Å². The normalized spacial score (nSPS) is 22.4. The van der Waals surface area contributed by atoms with Gasteiger partial charge >= 0.3 is 5.97 Å². The summed E-state index contributed by atoms with van der Waals surface area (Å²) in [5, 5.41) is 10.0. The zero-order chi connectivity index (χ0) is 14.4. The van der Waals surface area contributed by atoms with Gasteiger partial charge in [0.25, 0.3) is 0 Å². The van der Waals surface area contributed by atoms with Crippen LogP contribution >= 0.6 is 0 Å². The van der Waals surface area contributed by atoms with Crippen LogP contribution in [0.25, 0.3) is 0 Å². The van der Waals surface area contributed by atoms with Crippen LogP contribution in [0.3, 0.4) is 0 Å². The number of aliphatic hydroxyl groups excluding tert-OH is 1. The summed E-state index contributed by atoms with van der Waals surface area (Å²) in [4.78, 5) is 21.6. The zero-order valence-corrected chi connectivity index (χ0v) is 11.4. The van der Waals surface area contributed by atoms with Crippen LogP contribution in [0.5, 0.6) is 0 Å². The molecule has 0 aromatic carbocycles. The number of ether oxygens (including phenoxy) is 1. The third-order valence-electron chi connectivity index (χ3n) is 3.16. The molecule has 2 atom stereocenters. The van der Waals surface area contributed by atoms with Crippen molar-refractivity contribution in [2.24, 2.45) is 5.92 Å². The topological polar surface area (TPSA) is 63.6 Å². The zero-order valence-electron chi connectivity index (χ0n) is 11.4. The molecule has 1 rings (SSSR count). The van der Waals surface area contributed by atoms with Gasteiger partial charge in [0, 0.05) is 5.57 Å². The summed E-state index contributed by atoms with van der Waals surface area (Å²) in [5.41, 5.74) is 2.04. The first-order valence-corrected chi connectivity index (χ1v) is 6.29. The molecular formula is C15H20O4. The lowest BCUT2D eigenvalue weighted by Gasteiger charge is -2.13. The number of cyclic esters (lactones) is 1. The van der Waals surface area contributed by atoms with E-state index >= 15 is 0 Å². The Morgan fingerprint density at radius 1 is 1.58 bits per heavy atom. The number of carbonyl (C=O) groups is 2. The van der Waals surface area contributed by atoms with Gasteiger partial charge in [-0.2, -0.15) is 0 Å². The van der Waals surface area contributed by atoms with Gasteiger partial charge in [0.1, 0.15) is 12.9 Å². The largest absolute Gasteiger partial charge is 0.462 e. The molecule has 1 aliphatic rings. The molecule has 2 unspecified atom stereocenters. The molecule has 1 aliphatic heterocycles. The van der Waals surface area contributed by atoms with E-state index in [1.807, 2.05) is 13.0 Å². The highest BCUT2D eigenvalue weighted by Gasteiger charge is 2.33. The SMILES string of the molecule is C=C1C(=O)OCC1C(O)C=C(C)CCC=C(C)C=O. The first-order chi connectivity index (χ1) is 8.95. The van der Waals surface area contributed by atoms with E-state index in [4.69, 9.17) is 4.74 Å². The maximum atomic E-state index is 11.2. The quantitative estimate of drug-likeness (QED) is 0.345. The molecule has 4 heteroatoms. The Morgan fingerprint density at radius 2 is 2.26 bits per heavy atom. The van der Waals surface area contributed by atoms with Crippen molar-refractivity contribution in [3.05, 3.63) is 35.5 Å². The number of esters is 1. The fraction of sp³-hybridized carbons (Fsp3) is 0.467. The monoisotopic (exact) mass is 264 g/mol. The average molecular weight is 264 g/mol. The van der Waals surface area contributed by atoms with Gasteiger partial charge in [0.05, 0.1) is 12.0 Å². The molecule has 0 saturated carbocycles. The molecule has 1 fully saturated rings. The van der Waals surface area contributed by atoms with Crippen LogP contribution < -0.4 is 0 Å². The molecule has 0 spiro atoms. The fourth-order valence-electron chi connectivity index (χ4n) is 1.88. The van der Waals surface area contributed by atoms with Gasteiger partial charge in [-0.1, -0.05) is 24.3 Å². The molecule has 0 bridgehead atoms. The van der Waals surface area contributed by atoms with Crippen LogP contribution in [0.15, 0.2) is 35.5 Å². The van der Waals surface area contributed by atoms with Crippen LogP contribution in [-0.2, 0) is 14.3 Å². The maximum absolute atomic E-state index is 11.2. The Bertz CT molecular complexity index is 431. The minimum atomic E-state index is -0.755. The first-order valence-electron chi connectivity index (χ1n) is 6.29. The number of aliphatic hydroxyl groups is 1. The highest BCUT2D eigenvalue weighted by molar-refractivity contribution is 5.90. The molecule has 0 aliphatic carbocycles. The van der Waals surface area contributed by atoms with Crippen molar-refractivity contribution in [2.75, 3.05) is 6.61 Å². The number of allylic oxidation sites excluding steroid dienone is 3. The van der Waals surface area contributed by atoms with E-state index in [9.17, 15) is 14.7 Å². The van der Waals surface area contributed by atoms with Crippen LogP contribution in [0.2, 0.25) is 0 Å². The number of rotatable bonds is 6. The molecule has 0 amide bonds. The summed E-state index contributed by atoms with van der Waals surface area (Å²) < 4.78 is 4.83. The summed E-state index contributed by atoms with van der Waals surface area (Å²) in [6.07, 6.45) is 5.16.